The van der Waals surface area contributed by atoms with Gasteiger partial charge in [-0.15, -0.1) is 0 Å². The predicted octanol–water partition coefficient (Wildman–Crippen LogP) is 1.70. The molecule has 31 heavy (non-hydrogen) atoms. The lowest BCUT2D eigenvalue weighted by Crippen LogP contribution is -2.52. The van der Waals surface area contributed by atoms with Crippen LogP contribution in [0.5, 0.6) is 5.88 Å². The minimum absolute atomic E-state index is 0.152. The molecule has 3 heterocycles. The van der Waals surface area contributed by atoms with E-state index in [1.54, 1.807) is 6.07 Å². The Labute approximate surface area is 174 Å². The van der Waals surface area contributed by atoms with Crippen LogP contribution in [0.3, 0.4) is 0 Å². The van der Waals surface area contributed by atoms with E-state index in [0.29, 0.717) is 11.1 Å². The Hall–Kier alpha value is -3.89. The molecule has 2 N–H and O–H groups in total. The van der Waals surface area contributed by atoms with Crippen molar-refractivity contribution in [2.24, 2.45) is 0 Å². The molecule has 2 aliphatic rings. The Bertz CT molecular complexity index is 1070. The zero-order chi connectivity index (χ0) is 22.1. The number of nitrogens with zero attached hydrogens (tertiary/aromatic N) is 2. The van der Waals surface area contributed by atoms with Gasteiger partial charge in [-0.1, -0.05) is 6.07 Å². The number of amides is 4. The van der Waals surface area contributed by atoms with Crippen molar-refractivity contribution < 1.29 is 32.7 Å². The van der Waals surface area contributed by atoms with E-state index >= 15 is 0 Å². The first-order valence-electron chi connectivity index (χ1n) is 9.31. The summed E-state index contributed by atoms with van der Waals surface area (Å²) >= 11 is 0. The summed E-state index contributed by atoms with van der Waals surface area (Å²) in [5.41, 5.74) is 1.42. The number of nitrogens with one attached hydrogen (secondary N) is 2. The van der Waals surface area contributed by atoms with Gasteiger partial charge in [-0.05, 0) is 30.2 Å². The van der Waals surface area contributed by atoms with Crippen LogP contribution in [-0.4, -0.2) is 46.2 Å². The maximum atomic E-state index is 12.8. The molecule has 0 bridgehead atoms. The SMILES string of the molecule is O=C1CCC(N2Cc3ccc(C(=O)Nc4ccc(OC(F)F)nc4)cc3C2=O)C(=O)N1. The maximum Gasteiger partial charge on any atom is 0.388 e. The highest BCUT2D eigenvalue weighted by Gasteiger charge is 2.39. The monoisotopic (exact) mass is 430 g/mol. The van der Waals surface area contributed by atoms with E-state index in [2.05, 4.69) is 20.4 Å². The van der Waals surface area contributed by atoms with Gasteiger partial charge >= 0.3 is 6.61 Å². The minimum Gasteiger partial charge on any atom is -0.417 e. The van der Waals surface area contributed by atoms with Crippen molar-refractivity contribution in [1.29, 1.82) is 0 Å². The van der Waals surface area contributed by atoms with Crippen molar-refractivity contribution in [2.45, 2.75) is 32.0 Å². The van der Waals surface area contributed by atoms with Crippen molar-refractivity contribution in [3.05, 3.63) is 53.2 Å². The largest absolute Gasteiger partial charge is 0.417 e. The van der Waals surface area contributed by atoms with E-state index in [4.69, 9.17) is 0 Å². The quantitative estimate of drug-likeness (QED) is 0.698. The number of piperidine rings is 1. The Balaban J connectivity index is 1.46. The molecule has 4 rings (SSSR count). The maximum absolute atomic E-state index is 12.8. The van der Waals surface area contributed by atoms with E-state index < -0.39 is 30.4 Å². The van der Waals surface area contributed by atoms with Crippen LogP contribution in [0.2, 0.25) is 0 Å². The number of rotatable bonds is 5. The van der Waals surface area contributed by atoms with Crippen molar-refractivity contribution in [3.63, 3.8) is 0 Å². The van der Waals surface area contributed by atoms with Crippen molar-refractivity contribution in [1.82, 2.24) is 15.2 Å². The topological polar surface area (TPSA) is 118 Å². The zero-order valence-electron chi connectivity index (χ0n) is 15.9. The third-order valence-electron chi connectivity index (χ3n) is 4.99. The lowest BCUT2D eigenvalue weighted by atomic mass is 10.0. The standard InChI is InChI=1S/C20H16F2N4O5/c21-20(22)31-16-6-3-12(8-23-16)24-17(28)10-1-2-11-9-26(19(30)13(11)7-10)14-4-5-15(27)25-18(14)29/h1-3,6-8,14,20H,4-5,9H2,(H,24,28)(H,25,27,29). The van der Waals surface area contributed by atoms with Crippen LogP contribution >= 0.6 is 0 Å². The third kappa shape index (κ3) is 4.20. The van der Waals surface area contributed by atoms with Crippen LogP contribution in [0.1, 0.15) is 39.1 Å². The molecule has 0 saturated carbocycles. The number of hydrogen-bond acceptors (Lipinski definition) is 6. The molecule has 0 spiro atoms. The molecule has 1 fully saturated rings. The van der Waals surface area contributed by atoms with Crippen molar-refractivity contribution in [3.8, 4) is 5.88 Å². The van der Waals surface area contributed by atoms with E-state index in [0.717, 1.165) is 0 Å². The van der Waals surface area contributed by atoms with Gasteiger partial charge < -0.3 is 15.0 Å². The number of carbonyl (C=O) groups is 4. The molecule has 2 aromatic rings. The minimum atomic E-state index is -3.00. The number of hydrogen-bond donors (Lipinski definition) is 2. The summed E-state index contributed by atoms with van der Waals surface area (Å²) in [7, 11) is 0. The molecule has 1 atom stereocenters. The smallest absolute Gasteiger partial charge is 0.388 e. The Morgan fingerprint density at radius 2 is 2.03 bits per heavy atom. The first-order chi connectivity index (χ1) is 14.8. The molecule has 9 nitrogen and oxygen atoms in total. The van der Waals surface area contributed by atoms with Gasteiger partial charge in [-0.25, -0.2) is 4.98 Å². The number of aromatic nitrogens is 1. The van der Waals surface area contributed by atoms with Gasteiger partial charge in [0, 0.05) is 30.2 Å². The Morgan fingerprint density at radius 1 is 1.23 bits per heavy atom. The molecule has 1 saturated heterocycles. The molecule has 1 aromatic carbocycles. The number of fused-ring (bicyclic) bond motifs is 1. The van der Waals surface area contributed by atoms with Crippen LogP contribution < -0.4 is 15.4 Å². The highest BCUT2D eigenvalue weighted by molar-refractivity contribution is 6.08. The lowest BCUT2D eigenvalue weighted by Gasteiger charge is -2.29. The molecule has 160 valence electrons. The van der Waals surface area contributed by atoms with Crippen LogP contribution in [0, 0.1) is 0 Å². The van der Waals surface area contributed by atoms with E-state index in [-0.39, 0.29) is 42.4 Å². The Kier molecular flexibility index (Phi) is 5.32. The number of alkyl halides is 2. The normalized spacial score (nSPS) is 18.1. The van der Waals surface area contributed by atoms with E-state index in [1.807, 2.05) is 0 Å². The summed E-state index contributed by atoms with van der Waals surface area (Å²) < 4.78 is 28.5. The third-order valence-corrected chi connectivity index (χ3v) is 4.99. The van der Waals surface area contributed by atoms with Gasteiger partial charge in [0.05, 0.1) is 11.9 Å². The zero-order valence-corrected chi connectivity index (χ0v) is 15.9. The van der Waals surface area contributed by atoms with E-state index in [1.165, 1.54) is 35.4 Å². The van der Waals surface area contributed by atoms with Crippen molar-refractivity contribution >= 4 is 29.3 Å². The number of imide groups is 1. The summed E-state index contributed by atoms with van der Waals surface area (Å²) in [6, 6.07) is 6.40. The molecule has 0 radical (unpaired) electrons. The van der Waals surface area contributed by atoms with Gasteiger partial charge in [-0.3, -0.25) is 24.5 Å². The second-order valence-corrected chi connectivity index (χ2v) is 6.99. The lowest BCUT2D eigenvalue weighted by molar-refractivity contribution is -0.136. The molecule has 4 amide bonds. The highest BCUT2D eigenvalue weighted by atomic mass is 19.3. The first kappa shape index (κ1) is 20.4. The number of halogens is 2. The van der Waals surface area contributed by atoms with Crippen LogP contribution in [0.4, 0.5) is 14.5 Å². The second kappa shape index (κ2) is 8.09. The molecular formula is C20H16F2N4O5. The molecule has 1 aromatic heterocycles. The number of pyridine rings is 1. The number of benzene rings is 1. The fourth-order valence-corrected chi connectivity index (χ4v) is 3.51. The molecular weight excluding hydrogens is 414 g/mol. The summed E-state index contributed by atoms with van der Waals surface area (Å²) in [5, 5.41) is 4.79. The molecule has 0 aliphatic carbocycles. The second-order valence-electron chi connectivity index (χ2n) is 6.99. The van der Waals surface area contributed by atoms with Crippen LogP contribution in [0.15, 0.2) is 36.5 Å². The summed E-state index contributed by atoms with van der Waals surface area (Å²) in [6.45, 7) is -2.80. The fourth-order valence-electron chi connectivity index (χ4n) is 3.51. The average molecular weight is 430 g/mol. The summed E-state index contributed by atoms with van der Waals surface area (Å²) in [6.07, 6.45) is 1.56. The van der Waals surface area contributed by atoms with Gasteiger partial charge in [0.2, 0.25) is 17.7 Å². The van der Waals surface area contributed by atoms with E-state index in [9.17, 15) is 28.0 Å². The van der Waals surface area contributed by atoms with Crippen LogP contribution in [0.25, 0.3) is 0 Å². The average Bonchev–Trinajstić information content (AvgIpc) is 3.05. The molecule has 1 unspecified atom stereocenters. The van der Waals surface area contributed by atoms with Crippen LogP contribution in [-0.2, 0) is 16.1 Å². The number of carbonyl (C=O) groups excluding carboxylic acids is 4. The van der Waals surface area contributed by atoms with Gasteiger partial charge in [0.25, 0.3) is 11.8 Å². The molecule has 2 aliphatic heterocycles. The molecule has 11 heteroatoms. The van der Waals surface area contributed by atoms with Gasteiger partial charge in [0.15, 0.2) is 0 Å². The van der Waals surface area contributed by atoms with Gasteiger partial charge in [-0.2, -0.15) is 8.78 Å². The first-order valence-corrected chi connectivity index (χ1v) is 9.31. The van der Waals surface area contributed by atoms with Crippen molar-refractivity contribution in [2.75, 3.05) is 5.32 Å². The number of ether oxygens (including phenoxy) is 1. The fraction of sp³-hybridized carbons (Fsp3) is 0.250. The Morgan fingerprint density at radius 3 is 2.71 bits per heavy atom. The van der Waals surface area contributed by atoms with Gasteiger partial charge in [0.1, 0.15) is 6.04 Å². The number of anilines is 1. The highest BCUT2D eigenvalue weighted by Crippen LogP contribution is 2.28. The summed E-state index contributed by atoms with van der Waals surface area (Å²) in [5.74, 6) is -2.09. The summed E-state index contributed by atoms with van der Waals surface area (Å²) in [4.78, 5) is 53.9. The predicted molar refractivity (Wildman–Crippen MR) is 101 cm³/mol.